The third-order valence-electron chi connectivity index (χ3n) is 4.52. The minimum absolute atomic E-state index is 0.196. The number of aliphatic hydroxyl groups is 1. The Kier molecular flexibility index (Phi) is 4.52. The average Bonchev–Trinajstić information content (AvgIpc) is 2.38. The highest BCUT2D eigenvalue weighted by Crippen LogP contribution is 2.26. The topological polar surface area (TPSA) is 89.9 Å². The van der Waals surface area contributed by atoms with E-state index in [2.05, 4.69) is 5.32 Å². The van der Waals surface area contributed by atoms with Crippen LogP contribution in [0.25, 0.3) is 0 Å². The third kappa shape index (κ3) is 3.62. The molecular weight excluding hydrogens is 260 g/mol. The van der Waals surface area contributed by atoms with Crippen LogP contribution in [0.2, 0.25) is 0 Å². The lowest BCUT2D eigenvalue weighted by Crippen LogP contribution is -2.53. The van der Waals surface area contributed by atoms with Gasteiger partial charge in [-0.05, 0) is 32.6 Å². The number of amides is 2. The summed E-state index contributed by atoms with van der Waals surface area (Å²) in [6.45, 7) is 2.82. The number of urea groups is 1. The molecule has 2 amide bonds. The Balaban J connectivity index is 1.88. The summed E-state index contributed by atoms with van der Waals surface area (Å²) in [7, 11) is 0. The molecule has 0 aromatic carbocycles. The van der Waals surface area contributed by atoms with E-state index in [4.69, 9.17) is 0 Å². The smallest absolute Gasteiger partial charge is 0.317 e. The second-order valence-corrected chi connectivity index (χ2v) is 6.27. The second kappa shape index (κ2) is 5.99. The lowest BCUT2D eigenvalue weighted by Gasteiger charge is -2.37. The lowest BCUT2D eigenvalue weighted by molar-refractivity contribution is -0.143. The van der Waals surface area contributed by atoms with Gasteiger partial charge in [-0.25, -0.2) is 4.79 Å². The summed E-state index contributed by atoms with van der Waals surface area (Å²) in [5.41, 5.74) is -0.689. The molecule has 0 bridgehead atoms. The van der Waals surface area contributed by atoms with Gasteiger partial charge >= 0.3 is 12.0 Å². The fourth-order valence-corrected chi connectivity index (χ4v) is 3.04. The molecule has 0 radical (unpaired) electrons. The number of rotatable bonds is 2. The van der Waals surface area contributed by atoms with Crippen LogP contribution in [0.5, 0.6) is 0 Å². The highest BCUT2D eigenvalue weighted by molar-refractivity contribution is 5.77. The Morgan fingerprint density at radius 2 is 1.80 bits per heavy atom. The van der Waals surface area contributed by atoms with E-state index in [-0.39, 0.29) is 12.1 Å². The van der Waals surface area contributed by atoms with Gasteiger partial charge in [0.2, 0.25) is 0 Å². The highest BCUT2D eigenvalue weighted by Gasteiger charge is 2.34. The Morgan fingerprint density at radius 1 is 1.20 bits per heavy atom. The molecule has 3 N–H and O–H groups in total. The first kappa shape index (κ1) is 15.1. The molecule has 1 aliphatic heterocycles. The van der Waals surface area contributed by atoms with Crippen molar-refractivity contribution in [2.45, 2.75) is 57.1 Å². The van der Waals surface area contributed by atoms with E-state index in [0.717, 1.165) is 19.3 Å². The summed E-state index contributed by atoms with van der Waals surface area (Å²) < 4.78 is 0. The molecular formula is C14H24N2O4. The van der Waals surface area contributed by atoms with Gasteiger partial charge in [-0.1, -0.05) is 12.8 Å². The number of nitrogens with one attached hydrogen (secondary N) is 1. The SMILES string of the molecule is CC1(O)CCN(C(=O)NC2CCCCC2C(=O)O)CC1. The minimum atomic E-state index is -0.823. The van der Waals surface area contributed by atoms with Crippen molar-refractivity contribution < 1.29 is 19.8 Å². The van der Waals surface area contributed by atoms with Crippen LogP contribution in [0.3, 0.4) is 0 Å². The van der Waals surface area contributed by atoms with Crippen molar-refractivity contribution >= 4 is 12.0 Å². The van der Waals surface area contributed by atoms with Crippen molar-refractivity contribution in [3.8, 4) is 0 Å². The van der Waals surface area contributed by atoms with Crippen molar-refractivity contribution in [3.63, 3.8) is 0 Å². The molecule has 0 aromatic rings. The number of nitrogens with zero attached hydrogens (tertiary/aromatic N) is 1. The molecule has 1 saturated carbocycles. The summed E-state index contributed by atoms with van der Waals surface area (Å²) in [5, 5.41) is 21.9. The fraction of sp³-hybridized carbons (Fsp3) is 0.857. The molecule has 1 saturated heterocycles. The van der Waals surface area contributed by atoms with Gasteiger partial charge in [0.25, 0.3) is 0 Å². The quantitative estimate of drug-likeness (QED) is 0.710. The van der Waals surface area contributed by atoms with E-state index < -0.39 is 17.5 Å². The van der Waals surface area contributed by atoms with Crippen molar-refractivity contribution in [2.24, 2.45) is 5.92 Å². The highest BCUT2D eigenvalue weighted by atomic mass is 16.4. The Morgan fingerprint density at radius 3 is 2.40 bits per heavy atom. The van der Waals surface area contributed by atoms with E-state index in [9.17, 15) is 19.8 Å². The number of carbonyl (C=O) groups excluding carboxylic acids is 1. The van der Waals surface area contributed by atoms with E-state index in [1.807, 2.05) is 0 Å². The Labute approximate surface area is 119 Å². The van der Waals surface area contributed by atoms with E-state index in [1.165, 1.54) is 0 Å². The van der Waals surface area contributed by atoms with Gasteiger partial charge in [0.05, 0.1) is 11.5 Å². The van der Waals surface area contributed by atoms with Crippen LogP contribution in [0, 0.1) is 5.92 Å². The van der Waals surface area contributed by atoms with Gasteiger partial charge in [-0.3, -0.25) is 4.79 Å². The fourth-order valence-electron chi connectivity index (χ4n) is 3.04. The van der Waals surface area contributed by atoms with E-state index >= 15 is 0 Å². The summed E-state index contributed by atoms with van der Waals surface area (Å²) in [6, 6.07) is -0.463. The van der Waals surface area contributed by atoms with Gasteiger partial charge in [0.15, 0.2) is 0 Å². The molecule has 0 aromatic heterocycles. The van der Waals surface area contributed by atoms with Gasteiger partial charge in [0.1, 0.15) is 0 Å². The minimum Gasteiger partial charge on any atom is -0.481 e. The molecule has 20 heavy (non-hydrogen) atoms. The maximum absolute atomic E-state index is 12.2. The van der Waals surface area contributed by atoms with Gasteiger partial charge in [-0.15, -0.1) is 0 Å². The first-order chi connectivity index (χ1) is 9.39. The number of piperidine rings is 1. The van der Waals surface area contributed by atoms with Crippen LogP contribution in [-0.2, 0) is 4.79 Å². The Hall–Kier alpha value is -1.30. The normalized spacial score (nSPS) is 29.8. The lowest BCUT2D eigenvalue weighted by atomic mass is 9.84. The molecule has 6 heteroatoms. The molecule has 2 unspecified atom stereocenters. The van der Waals surface area contributed by atoms with Crippen LogP contribution in [0.1, 0.15) is 45.4 Å². The monoisotopic (exact) mass is 284 g/mol. The number of carboxylic acids is 1. The zero-order valence-electron chi connectivity index (χ0n) is 12.0. The van der Waals surface area contributed by atoms with Crippen molar-refractivity contribution in [1.82, 2.24) is 10.2 Å². The zero-order chi connectivity index (χ0) is 14.8. The maximum atomic E-state index is 12.2. The molecule has 1 heterocycles. The number of aliphatic carboxylic acids is 1. The molecule has 2 atom stereocenters. The van der Waals surface area contributed by atoms with Crippen molar-refractivity contribution in [3.05, 3.63) is 0 Å². The van der Waals surface area contributed by atoms with Crippen LogP contribution in [-0.4, -0.2) is 51.8 Å². The van der Waals surface area contributed by atoms with E-state index in [0.29, 0.717) is 32.4 Å². The van der Waals surface area contributed by atoms with Gasteiger partial charge in [0, 0.05) is 19.1 Å². The molecule has 1 aliphatic carbocycles. The summed E-state index contributed by atoms with van der Waals surface area (Å²) in [5.74, 6) is -1.29. The summed E-state index contributed by atoms with van der Waals surface area (Å²) >= 11 is 0. The zero-order valence-corrected chi connectivity index (χ0v) is 12.0. The molecule has 114 valence electrons. The van der Waals surface area contributed by atoms with Crippen LogP contribution in [0.4, 0.5) is 4.79 Å². The molecule has 0 spiro atoms. The Bertz CT molecular complexity index is 373. The number of carbonyl (C=O) groups is 2. The van der Waals surface area contributed by atoms with Crippen molar-refractivity contribution in [1.29, 1.82) is 0 Å². The third-order valence-corrected chi connectivity index (χ3v) is 4.52. The van der Waals surface area contributed by atoms with Crippen LogP contribution >= 0.6 is 0 Å². The largest absolute Gasteiger partial charge is 0.481 e. The van der Waals surface area contributed by atoms with Gasteiger partial charge < -0.3 is 20.4 Å². The average molecular weight is 284 g/mol. The standard InChI is InChI=1S/C14H24N2O4/c1-14(20)6-8-16(9-7-14)13(19)15-11-5-3-2-4-10(11)12(17)18/h10-11,20H,2-9H2,1H3,(H,15,19)(H,17,18). The molecule has 2 rings (SSSR count). The summed E-state index contributed by atoms with van der Waals surface area (Å²) in [6.07, 6.45) is 4.36. The number of likely N-dealkylation sites (tertiary alicyclic amines) is 1. The first-order valence-electron chi connectivity index (χ1n) is 7.40. The van der Waals surface area contributed by atoms with E-state index in [1.54, 1.807) is 11.8 Å². The summed E-state index contributed by atoms with van der Waals surface area (Å²) in [4.78, 5) is 25.1. The van der Waals surface area contributed by atoms with Gasteiger partial charge in [-0.2, -0.15) is 0 Å². The van der Waals surface area contributed by atoms with Crippen molar-refractivity contribution in [2.75, 3.05) is 13.1 Å². The van der Waals surface area contributed by atoms with Crippen LogP contribution in [0.15, 0.2) is 0 Å². The maximum Gasteiger partial charge on any atom is 0.317 e. The molecule has 6 nitrogen and oxygen atoms in total. The second-order valence-electron chi connectivity index (χ2n) is 6.27. The molecule has 2 fully saturated rings. The number of carboxylic acid groups (broad SMARTS) is 1. The first-order valence-corrected chi connectivity index (χ1v) is 7.40. The number of hydrogen-bond acceptors (Lipinski definition) is 3. The predicted molar refractivity (Wildman–Crippen MR) is 73.3 cm³/mol. The number of hydrogen-bond donors (Lipinski definition) is 3. The predicted octanol–water partition coefficient (Wildman–Crippen LogP) is 1.19. The molecule has 2 aliphatic rings. The van der Waals surface area contributed by atoms with Crippen LogP contribution < -0.4 is 5.32 Å².